The Hall–Kier alpha value is -4.01. The number of phenolic OH excluding ortho intramolecular Hbond substituents is 1. The molecule has 1 saturated carbocycles. The fourth-order valence-electron chi connectivity index (χ4n) is 7.08. The van der Waals surface area contributed by atoms with Crippen molar-refractivity contribution in [1.82, 2.24) is 19.8 Å². The Bertz CT molecular complexity index is 1690. The van der Waals surface area contributed by atoms with Gasteiger partial charge in [0.25, 0.3) is 11.8 Å². The monoisotopic (exact) mass is 617 g/mol. The molecule has 2 atom stereocenters. The van der Waals surface area contributed by atoms with E-state index in [1.54, 1.807) is 23.1 Å². The number of hydrogen-bond donors (Lipinski definition) is 1. The normalized spacial score (nSPS) is 24.4. The molecule has 236 valence electrons. The van der Waals surface area contributed by atoms with Crippen molar-refractivity contribution < 1.29 is 28.2 Å². The second-order valence-corrected chi connectivity index (χ2v) is 13.0. The first kappa shape index (κ1) is 29.7. The van der Waals surface area contributed by atoms with Crippen molar-refractivity contribution in [2.24, 2.45) is 11.3 Å². The molecule has 3 aliphatic heterocycles. The van der Waals surface area contributed by atoms with Crippen LogP contribution in [0.15, 0.2) is 30.3 Å². The van der Waals surface area contributed by atoms with Gasteiger partial charge in [0.1, 0.15) is 18.2 Å². The largest absolute Gasteiger partial charge is 0.508 e. The zero-order valence-corrected chi connectivity index (χ0v) is 25.4. The van der Waals surface area contributed by atoms with Crippen LogP contribution in [0.5, 0.6) is 11.8 Å². The number of hydrogen-bond acceptors (Lipinski definition) is 8. The van der Waals surface area contributed by atoms with E-state index in [1.165, 1.54) is 6.07 Å². The van der Waals surface area contributed by atoms with Gasteiger partial charge in [0.05, 0.1) is 43.0 Å². The van der Waals surface area contributed by atoms with Gasteiger partial charge in [-0.25, -0.2) is 8.78 Å². The predicted molar refractivity (Wildman–Crippen MR) is 165 cm³/mol. The number of aromatic nitrogens is 2. The maximum atomic E-state index is 14.8. The molecule has 0 bridgehead atoms. The third kappa shape index (κ3) is 5.55. The zero-order chi connectivity index (χ0) is 31.3. The van der Waals surface area contributed by atoms with Gasteiger partial charge < -0.3 is 24.4 Å². The molecule has 3 aromatic rings. The minimum Gasteiger partial charge on any atom is -0.508 e. The van der Waals surface area contributed by atoms with Gasteiger partial charge in [0, 0.05) is 55.7 Å². The number of amides is 1. The Kier molecular flexibility index (Phi) is 7.53. The van der Waals surface area contributed by atoms with Crippen LogP contribution in [0.3, 0.4) is 0 Å². The number of benzene rings is 2. The third-order valence-electron chi connectivity index (χ3n) is 9.65. The van der Waals surface area contributed by atoms with Gasteiger partial charge in [-0.1, -0.05) is 25.0 Å². The first-order chi connectivity index (χ1) is 21.7. The van der Waals surface area contributed by atoms with E-state index >= 15 is 0 Å². The highest BCUT2D eigenvalue weighted by Gasteiger charge is 2.72. The van der Waals surface area contributed by atoms with Crippen LogP contribution < -0.4 is 9.64 Å². The second-order valence-electron chi connectivity index (χ2n) is 13.0. The quantitative estimate of drug-likeness (QED) is 0.389. The number of terminal acetylenes is 1. The van der Waals surface area contributed by atoms with E-state index in [1.807, 2.05) is 11.0 Å². The molecule has 4 heterocycles. The molecule has 45 heavy (non-hydrogen) atoms. The molecule has 11 heteroatoms. The number of aromatic hydroxyl groups is 1. The third-order valence-corrected chi connectivity index (χ3v) is 9.65. The summed E-state index contributed by atoms with van der Waals surface area (Å²) >= 11 is 0. The number of piperidine rings is 1. The van der Waals surface area contributed by atoms with Crippen LogP contribution in [0.4, 0.5) is 14.6 Å². The number of phenols is 1. The number of nitrogens with zero attached hydrogens (tertiary/aromatic N) is 5. The lowest BCUT2D eigenvalue weighted by Gasteiger charge is -2.33. The van der Waals surface area contributed by atoms with Crippen molar-refractivity contribution in [3.63, 3.8) is 0 Å². The number of halogens is 2. The Labute approximate surface area is 261 Å². The van der Waals surface area contributed by atoms with Gasteiger partial charge in [-0.15, -0.1) is 6.42 Å². The van der Waals surface area contributed by atoms with Gasteiger partial charge in [0.15, 0.2) is 0 Å². The molecule has 2 unspecified atom stereocenters. The summed E-state index contributed by atoms with van der Waals surface area (Å²) in [5.74, 6) is 0.656. The minimum atomic E-state index is -2.82. The minimum absolute atomic E-state index is 0.0295. The van der Waals surface area contributed by atoms with E-state index < -0.39 is 11.3 Å². The van der Waals surface area contributed by atoms with Crippen molar-refractivity contribution in [3.8, 4) is 24.1 Å². The summed E-state index contributed by atoms with van der Waals surface area (Å²) in [4.78, 5) is 29.4. The standard InChI is InChI=1S/C34H37F2N5O4/c1-3-23-7-4-8-24-14-25(42)15-26(29(23)24)31(43)41-17-27-28(18-41)37-32(38-30(27)40-9-5-6-22(2)16-40)45-21-33(19-34(33,35)36)20-39-10-12-44-13-11-39/h1,4,7-8,14-15,22,42H,5-6,9-13,16-21H2,2H3. The molecule has 1 aliphatic carbocycles. The fourth-order valence-corrected chi connectivity index (χ4v) is 7.08. The maximum absolute atomic E-state index is 14.8. The van der Waals surface area contributed by atoms with Crippen LogP contribution >= 0.6 is 0 Å². The topological polar surface area (TPSA) is 91.3 Å². The number of carbonyl (C=O) groups excluding carboxylic acids is 1. The first-order valence-corrected chi connectivity index (χ1v) is 15.6. The van der Waals surface area contributed by atoms with Crippen molar-refractivity contribution in [1.29, 1.82) is 0 Å². The van der Waals surface area contributed by atoms with Gasteiger partial charge in [0.2, 0.25) is 0 Å². The summed E-state index contributed by atoms with van der Waals surface area (Å²) in [6.07, 6.45) is 7.65. The Morgan fingerprint density at radius 2 is 2.00 bits per heavy atom. The van der Waals surface area contributed by atoms with E-state index in [0.29, 0.717) is 65.6 Å². The molecule has 9 nitrogen and oxygen atoms in total. The van der Waals surface area contributed by atoms with Crippen LogP contribution in [0.2, 0.25) is 0 Å². The first-order valence-electron chi connectivity index (χ1n) is 15.6. The second kappa shape index (κ2) is 11.4. The van der Waals surface area contributed by atoms with Crippen molar-refractivity contribution in [3.05, 3.63) is 52.7 Å². The summed E-state index contributed by atoms with van der Waals surface area (Å²) in [7, 11) is 0. The van der Waals surface area contributed by atoms with E-state index in [2.05, 4.69) is 22.7 Å². The highest BCUT2D eigenvalue weighted by molar-refractivity contribution is 6.09. The van der Waals surface area contributed by atoms with Gasteiger partial charge in [-0.05, 0) is 42.3 Å². The predicted octanol–water partition coefficient (Wildman–Crippen LogP) is 4.45. The van der Waals surface area contributed by atoms with Gasteiger partial charge >= 0.3 is 6.01 Å². The number of rotatable bonds is 7. The van der Waals surface area contributed by atoms with Gasteiger partial charge in [-0.3, -0.25) is 9.69 Å². The summed E-state index contributed by atoms with van der Waals surface area (Å²) in [5, 5.41) is 11.7. The Morgan fingerprint density at radius 1 is 1.20 bits per heavy atom. The molecule has 1 amide bonds. The zero-order valence-electron chi connectivity index (χ0n) is 25.4. The molecule has 1 aromatic heterocycles. The molecule has 7 rings (SSSR count). The highest BCUT2D eigenvalue weighted by atomic mass is 19.3. The SMILES string of the molecule is C#Cc1cccc2cc(O)cc(C(=O)N3Cc4nc(OCC5(CN6CCOCC6)CC5(F)F)nc(N5CCCC(C)C5)c4C3)c12. The molecule has 0 radical (unpaired) electrons. The van der Waals surface area contributed by atoms with Crippen LogP contribution in [-0.2, 0) is 17.8 Å². The lowest BCUT2D eigenvalue weighted by atomic mass is 9.98. The number of alkyl halides is 2. The summed E-state index contributed by atoms with van der Waals surface area (Å²) in [6.45, 7) is 6.57. The summed E-state index contributed by atoms with van der Waals surface area (Å²) in [5.41, 5.74) is 1.04. The van der Waals surface area contributed by atoms with Gasteiger partial charge in [-0.2, -0.15) is 9.97 Å². The lowest BCUT2D eigenvalue weighted by Crippen LogP contribution is -2.43. The van der Waals surface area contributed by atoms with Crippen molar-refractivity contribution in [2.75, 3.05) is 57.4 Å². The molecule has 0 spiro atoms. The number of fused-ring (bicyclic) bond motifs is 2. The van der Waals surface area contributed by atoms with E-state index in [0.717, 1.165) is 31.5 Å². The molecule has 2 saturated heterocycles. The van der Waals surface area contributed by atoms with Crippen LogP contribution in [0.25, 0.3) is 10.8 Å². The van der Waals surface area contributed by atoms with Crippen LogP contribution in [0, 0.1) is 23.7 Å². The smallest absolute Gasteiger partial charge is 0.318 e. The molecule has 3 fully saturated rings. The van der Waals surface area contributed by atoms with E-state index in [9.17, 15) is 18.7 Å². The van der Waals surface area contributed by atoms with Crippen LogP contribution in [-0.4, -0.2) is 89.2 Å². The number of ether oxygens (including phenoxy) is 2. The average molecular weight is 618 g/mol. The summed E-state index contributed by atoms with van der Waals surface area (Å²) in [6, 6.07) is 8.47. The Morgan fingerprint density at radius 3 is 2.73 bits per heavy atom. The fraction of sp³-hybridized carbons (Fsp3) is 0.500. The molecule has 4 aliphatic rings. The number of carbonyl (C=O) groups is 1. The number of morpholine rings is 1. The average Bonchev–Trinajstić information content (AvgIpc) is 3.33. The molecular formula is C34H37F2N5O4. The lowest BCUT2D eigenvalue weighted by molar-refractivity contribution is -0.0101. The molecule has 1 N–H and O–H groups in total. The van der Waals surface area contributed by atoms with Crippen LogP contribution in [0.1, 0.15) is 53.4 Å². The Balaban J connectivity index is 1.18. The van der Waals surface area contributed by atoms with Crippen molar-refractivity contribution in [2.45, 2.75) is 45.2 Å². The molecular weight excluding hydrogens is 580 g/mol. The number of anilines is 1. The summed E-state index contributed by atoms with van der Waals surface area (Å²) < 4.78 is 41.0. The maximum Gasteiger partial charge on any atom is 0.318 e. The van der Waals surface area contributed by atoms with E-state index in [-0.39, 0.29) is 50.3 Å². The highest BCUT2D eigenvalue weighted by Crippen LogP contribution is 2.61. The van der Waals surface area contributed by atoms with E-state index in [4.69, 9.17) is 20.9 Å². The molecule has 2 aromatic carbocycles. The van der Waals surface area contributed by atoms with Crippen molar-refractivity contribution >= 4 is 22.5 Å².